The Balaban J connectivity index is 1.50. The lowest BCUT2D eigenvalue weighted by Gasteiger charge is -2.08. The van der Waals surface area contributed by atoms with Crippen molar-refractivity contribution < 1.29 is 19.1 Å². The number of carbonyl (C=O) groups excluding carboxylic acids is 2. The van der Waals surface area contributed by atoms with Crippen LogP contribution in [0.25, 0.3) is 17.2 Å². The van der Waals surface area contributed by atoms with Crippen LogP contribution in [0.1, 0.15) is 44.0 Å². The molecular formula is C29H23N3O4. The van der Waals surface area contributed by atoms with Gasteiger partial charge in [0, 0.05) is 16.7 Å². The number of benzene rings is 3. The molecule has 0 saturated carbocycles. The van der Waals surface area contributed by atoms with E-state index in [1.165, 1.54) is 30.0 Å². The van der Waals surface area contributed by atoms with Gasteiger partial charge >= 0.3 is 5.91 Å². The lowest BCUT2D eigenvalue weighted by atomic mass is 10.0. The monoisotopic (exact) mass is 477 g/mol. The molecular weight excluding hydrogens is 454 g/mol. The van der Waals surface area contributed by atoms with Crippen molar-refractivity contribution in [3.05, 3.63) is 119 Å². The molecule has 0 aliphatic heterocycles. The zero-order valence-electron chi connectivity index (χ0n) is 19.3. The van der Waals surface area contributed by atoms with Crippen LogP contribution in [0.5, 0.6) is 5.75 Å². The average Bonchev–Trinajstić information content (AvgIpc) is 3.35. The zero-order chi connectivity index (χ0) is 25.3. The van der Waals surface area contributed by atoms with Crippen LogP contribution in [0, 0.1) is 11.3 Å². The number of nitrogens with zero attached hydrogens (tertiary/aromatic N) is 1. The van der Waals surface area contributed by atoms with E-state index in [1.54, 1.807) is 6.07 Å². The first kappa shape index (κ1) is 24.0. The molecule has 0 fully saturated rings. The first-order valence-corrected chi connectivity index (χ1v) is 11.3. The number of hydrazine groups is 1. The maximum absolute atomic E-state index is 12.9. The van der Waals surface area contributed by atoms with Gasteiger partial charge in [-0.2, -0.15) is 5.26 Å². The van der Waals surface area contributed by atoms with Crippen molar-refractivity contribution >= 4 is 17.9 Å². The Morgan fingerprint density at radius 2 is 1.64 bits per heavy atom. The van der Waals surface area contributed by atoms with Crippen LogP contribution in [0.2, 0.25) is 0 Å². The molecule has 0 aliphatic rings. The molecule has 1 aromatic heterocycles. The van der Waals surface area contributed by atoms with Gasteiger partial charge in [-0.05, 0) is 42.2 Å². The SMILES string of the molecule is N#Cc1cc(C(=O)NNC(=O)c2occ(/C=C/CCc3ccccc3)c2-c2ccccc2)ccc1O. The number of carbonyl (C=O) groups is 2. The molecule has 4 rings (SSSR count). The number of nitrogens with one attached hydrogen (secondary N) is 2. The molecule has 0 spiro atoms. The second kappa shape index (κ2) is 11.4. The summed E-state index contributed by atoms with van der Waals surface area (Å²) in [5, 5.41) is 18.7. The van der Waals surface area contributed by atoms with Crippen molar-refractivity contribution in [2.45, 2.75) is 12.8 Å². The highest BCUT2D eigenvalue weighted by Gasteiger charge is 2.21. The quantitative estimate of drug-likeness (QED) is 0.315. The Morgan fingerprint density at radius 3 is 2.36 bits per heavy atom. The number of rotatable bonds is 7. The summed E-state index contributed by atoms with van der Waals surface area (Å²) < 4.78 is 5.63. The Labute approximate surface area is 208 Å². The summed E-state index contributed by atoms with van der Waals surface area (Å²) in [4.78, 5) is 25.4. The number of hydrogen-bond donors (Lipinski definition) is 3. The van der Waals surface area contributed by atoms with Gasteiger partial charge in [0.05, 0.1) is 11.8 Å². The minimum Gasteiger partial charge on any atom is -0.507 e. The van der Waals surface area contributed by atoms with Gasteiger partial charge in [-0.15, -0.1) is 0 Å². The summed E-state index contributed by atoms with van der Waals surface area (Å²) in [5.41, 5.74) is 8.12. The number of allylic oxidation sites excluding steroid dienone is 1. The van der Waals surface area contributed by atoms with E-state index < -0.39 is 11.8 Å². The number of nitriles is 1. The Bertz CT molecular complexity index is 1430. The smallest absolute Gasteiger partial charge is 0.306 e. The first-order chi connectivity index (χ1) is 17.6. The standard InChI is InChI=1S/C29H23N3O4/c30-18-24-17-22(15-16-25(24)33)28(34)31-32-29(35)27-26(21-12-5-2-6-13-21)23(19-36-27)14-8-7-11-20-9-3-1-4-10-20/h1-6,8-10,12-17,19,33H,7,11H2,(H,31,34)(H,32,35)/b14-8+. The highest BCUT2D eigenvalue weighted by atomic mass is 16.3. The van der Waals surface area contributed by atoms with Crippen molar-refractivity contribution in [1.29, 1.82) is 5.26 Å². The van der Waals surface area contributed by atoms with E-state index in [4.69, 9.17) is 9.68 Å². The summed E-state index contributed by atoms with van der Waals surface area (Å²) in [6.45, 7) is 0. The van der Waals surface area contributed by atoms with Gasteiger partial charge < -0.3 is 9.52 Å². The number of phenolic OH excluding ortho intramolecular Hbond substituents is 1. The lowest BCUT2D eigenvalue weighted by Crippen LogP contribution is -2.41. The van der Waals surface area contributed by atoms with Gasteiger partial charge in [-0.3, -0.25) is 20.4 Å². The third-order valence-corrected chi connectivity index (χ3v) is 5.50. The topological polar surface area (TPSA) is 115 Å². The maximum atomic E-state index is 12.9. The van der Waals surface area contributed by atoms with E-state index in [0.29, 0.717) is 5.56 Å². The van der Waals surface area contributed by atoms with Gasteiger partial charge in [0.15, 0.2) is 0 Å². The predicted molar refractivity (Wildman–Crippen MR) is 136 cm³/mol. The van der Waals surface area contributed by atoms with Crippen molar-refractivity contribution in [2.24, 2.45) is 0 Å². The predicted octanol–water partition coefficient (Wildman–Crippen LogP) is 5.24. The number of hydrogen-bond acceptors (Lipinski definition) is 5. The molecule has 7 heteroatoms. The number of furan rings is 1. The van der Waals surface area contributed by atoms with Crippen LogP contribution >= 0.6 is 0 Å². The molecule has 0 radical (unpaired) electrons. The fraction of sp³-hybridized carbons (Fsp3) is 0.0690. The molecule has 178 valence electrons. The zero-order valence-corrected chi connectivity index (χ0v) is 19.3. The molecule has 0 saturated heterocycles. The Hall–Kier alpha value is -5.09. The van der Waals surface area contributed by atoms with Crippen molar-refractivity contribution in [3.63, 3.8) is 0 Å². The molecule has 0 bridgehead atoms. The Kier molecular flexibility index (Phi) is 7.59. The van der Waals surface area contributed by atoms with Crippen molar-refractivity contribution in [1.82, 2.24) is 10.9 Å². The van der Waals surface area contributed by atoms with Gasteiger partial charge in [0.2, 0.25) is 5.76 Å². The second-order valence-corrected chi connectivity index (χ2v) is 7.94. The van der Waals surface area contributed by atoms with Gasteiger partial charge in [0.1, 0.15) is 11.8 Å². The van der Waals surface area contributed by atoms with Crippen LogP contribution in [0.15, 0.2) is 95.6 Å². The van der Waals surface area contributed by atoms with Crippen LogP contribution in [-0.2, 0) is 6.42 Å². The third kappa shape index (κ3) is 5.69. The summed E-state index contributed by atoms with van der Waals surface area (Å²) in [7, 11) is 0. The van der Waals surface area contributed by atoms with E-state index in [2.05, 4.69) is 23.0 Å². The largest absolute Gasteiger partial charge is 0.507 e. The minimum atomic E-state index is -0.645. The Morgan fingerprint density at radius 1 is 0.944 bits per heavy atom. The van der Waals surface area contributed by atoms with E-state index in [9.17, 15) is 14.7 Å². The maximum Gasteiger partial charge on any atom is 0.306 e. The molecule has 0 aliphatic carbocycles. The van der Waals surface area contributed by atoms with Crippen LogP contribution in [0.3, 0.4) is 0 Å². The molecule has 0 atom stereocenters. The molecule has 3 aromatic carbocycles. The van der Waals surface area contributed by atoms with Crippen LogP contribution < -0.4 is 10.9 Å². The summed E-state index contributed by atoms with van der Waals surface area (Å²) in [6, 6.07) is 25.2. The second-order valence-electron chi connectivity index (χ2n) is 7.94. The van der Waals surface area contributed by atoms with E-state index in [1.807, 2.05) is 60.7 Å². The van der Waals surface area contributed by atoms with Crippen LogP contribution in [-0.4, -0.2) is 16.9 Å². The highest BCUT2D eigenvalue weighted by Crippen LogP contribution is 2.31. The molecule has 4 aromatic rings. The molecule has 0 unspecified atom stereocenters. The normalized spacial score (nSPS) is 10.6. The number of phenols is 1. The van der Waals surface area contributed by atoms with Gasteiger partial charge in [-0.1, -0.05) is 72.8 Å². The van der Waals surface area contributed by atoms with E-state index in [0.717, 1.165) is 24.0 Å². The third-order valence-electron chi connectivity index (χ3n) is 5.50. The number of aryl methyl sites for hydroxylation is 1. The van der Waals surface area contributed by atoms with Crippen LogP contribution in [0.4, 0.5) is 0 Å². The van der Waals surface area contributed by atoms with E-state index in [-0.39, 0.29) is 22.6 Å². The molecule has 7 nitrogen and oxygen atoms in total. The summed E-state index contributed by atoms with van der Waals surface area (Å²) >= 11 is 0. The molecule has 36 heavy (non-hydrogen) atoms. The molecule has 3 N–H and O–H groups in total. The summed E-state index contributed by atoms with van der Waals surface area (Å²) in [6.07, 6.45) is 7.17. The van der Waals surface area contributed by atoms with Gasteiger partial charge in [-0.25, -0.2) is 0 Å². The molecule has 1 heterocycles. The van der Waals surface area contributed by atoms with Gasteiger partial charge in [0.25, 0.3) is 5.91 Å². The summed E-state index contributed by atoms with van der Waals surface area (Å²) in [5.74, 6) is -1.46. The van der Waals surface area contributed by atoms with Crippen molar-refractivity contribution in [2.75, 3.05) is 0 Å². The van der Waals surface area contributed by atoms with Crippen molar-refractivity contribution in [3.8, 4) is 22.9 Å². The minimum absolute atomic E-state index is 0.0462. The van der Waals surface area contributed by atoms with E-state index >= 15 is 0 Å². The number of aromatic hydroxyl groups is 1. The fourth-order valence-corrected chi connectivity index (χ4v) is 3.68. The number of amides is 2. The molecule has 2 amide bonds. The lowest BCUT2D eigenvalue weighted by molar-refractivity contribution is 0.0831. The average molecular weight is 478 g/mol. The first-order valence-electron chi connectivity index (χ1n) is 11.3. The highest BCUT2D eigenvalue weighted by molar-refractivity contribution is 6.02. The fourth-order valence-electron chi connectivity index (χ4n) is 3.68.